The van der Waals surface area contributed by atoms with Gasteiger partial charge in [-0.15, -0.1) is 0 Å². The Hall–Kier alpha value is -1.64. The minimum absolute atomic E-state index is 0.0182. The van der Waals surface area contributed by atoms with Gasteiger partial charge in [0.05, 0.1) is 13.2 Å². The molecule has 0 N–H and O–H groups in total. The summed E-state index contributed by atoms with van der Waals surface area (Å²) in [6.45, 7) is -2.96. The number of alkyl halides is 21. The monoisotopic (exact) mass is 716 g/mol. The summed E-state index contributed by atoms with van der Waals surface area (Å²) in [4.78, 5) is 0. The zero-order chi connectivity index (χ0) is 35.2. The van der Waals surface area contributed by atoms with Gasteiger partial charge in [-0.05, 0) is 6.42 Å². The summed E-state index contributed by atoms with van der Waals surface area (Å²) in [5.74, 6) is -49.8. The smallest absolute Gasteiger partial charge is 0.379 e. The van der Waals surface area contributed by atoms with E-state index >= 15 is 0 Å². The van der Waals surface area contributed by atoms with Gasteiger partial charge in [0.1, 0.15) is 0 Å². The molecule has 0 heterocycles. The highest BCUT2D eigenvalue weighted by Gasteiger charge is 2.93. The molecule has 1 unspecified atom stereocenters. The molecular weight excluding hydrogens is 703 g/mol. The molecule has 0 aliphatic carbocycles. The third-order valence-electron chi connectivity index (χ3n) is 4.74. The van der Waals surface area contributed by atoms with E-state index in [-0.39, 0.29) is 12.8 Å². The highest BCUT2D eigenvalue weighted by molar-refractivity contribution is 7.87. The Kier molecular flexibility index (Phi) is 11.5. The van der Waals surface area contributed by atoms with Gasteiger partial charge in [0.2, 0.25) is 0 Å². The topological polar surface area (TPSA) is 61.8 Å². The zero-order valence-corrected chi connectivity index (χ0v) is 20.7. The van der Waals surface area contributed by atoms with Crippen LogP contribution in [0.2, 0.25) is 0 Å². The van der Waals surface area contributed by atoms with Crippen LogP contribution >= 0.6 is 0 Å². The molecular formula is C16H13F21O5S. The predicted molar refractivity (Wildman–Crippen MR) is 92.3 cm³/mol. The lowest BCUT2D eigenvalue weighted by molar-refractivity contribution is -0.480. The molecule has 0 aromatic rings. The van der Waals surface area contributed by atoms with Gasteiger partial charge < -0.3 is 9.47 Å². The van der Waals surface area contributed by atoms with E-state index in [0.717, 1.165) is 0 Å². The van der Waals surface area contributed by atoms with Crippen molar-refractivity contribution in [3.63, 3.8) is 0 Å². The van der Waals surface area contributed by atoms with Crippen LogP contribution < -0.4 is 0 Å². The van der Waals surface area contributed by atoms with Crippen molar-refractivity contribution in [2.24, 2.45) is 0 Å². The van der Waals surface area contributed by atoms with Crippen molar-refractivity contribution < 1.29 is 114 Å². The van der Waals surface area contributed by atoms with Crippen LogP contribution in [0.1, 0.15) is 19.8 Å². The Morgan fingerprint density at radius 1 is 0.512 bits per heavy atom. The lowest BCUT2D eigenvalue weighted by Crippen LogP contribution is -2.73. The van der Waals surface area contributed by atoms with Crippen molar-refractivity contribution in [1.82, 2.24) is 0 Å². The maximum Gasteiger partial charge on any atom is 0.460 e. The molecule has 0 fully saturated rings. The minimum Gasteiger partial charge on any atom is -0.379 e. The third-order valence-corrected chi connectivity index (χ3v) is 6.05. The maximum absolute atomic E-state index is 14.6. The summed E-state index contributed by atoms with van der Waals surface area (Å²) in [6, 6.07) is 0. The fourth-order valence-corrected chi connectivity index (χ4v) is 3.22. The first-order chi connectivity index (χ1) is 18.5. The van der Waals surface area contributed by atoms with Crippen LogP contribution in [0.15, 0.2) is 0 Å². The SMILES string of the molecule is CCCCOCCOC(F)(C(F)(F)C(F)(F)F)C(F)(F)C(F)(F)C(F)(F)OS(=O)(=O)C(F)(F)C(F)(F)C(F)(F)C(F)(F)F. The molecule has 0 saturated carbocycles. The van der Waals surface area contributed by atoms with Crippen LogP contribution in [-0.2, 0) is 23.8 Å². The minimum atomic E-state index is -9.22. The second kappa shape index (κ2) is 11.9. The number of hydrogen-bond donors (Lipinski definition) is 0. The Morgan fingerprint density at radius 3 is 1.30 bits per heavy atom. The normalized spacial score (nSPS) is 17.3. The number of halogens is 21. The average molecular weight is 716 g/mol. The second-order valence-corrected chi connectivity index (χ2v) is 9.44. The first-order valence-electron chi connectivity index (χ1n) is 10.2. The Balaban J connectivity index is 6.93. The van der Waals surface area contributed by atoms with Gasteiger partial charge in [-0.3, -0.25) is 0 Å². The summed E-state index contributed by atoms with van der Waals surface area (Å²) in [6.07, 6.45) is -23.8. The molecule has 27 heteroatoms. The predicted octanol–water partition coefficient (Wildman–Crippen LogP) is 7.32. The average Bonchev–Trinajstić information content (AvgIpc) is 2.78. The van der Waals surface area contributed by atoms with Crippen LogP contribution in [0.4, 0.5) is 92.2 Å². The standard InChI is InChI=1S/C16H13F21O5S/c1-2-3-4-40-5-6-41-12(27,11(25,26)14(31,32)33)7(17,18)9(21,22)15(34,35)42-43(38,39)16(36,37)10(23,24)8(19,20)13(28,29)30/h2-6H2,1H3. The van der Waals surface area contributed by atoms with E-state index < -0.39 is 89.1 Å². The first kappa shape index (κ1) is 41.4. The second-order valence-electron chi connectivity index (χ2n) is 7.85. The van der Waals surface area contributed by atoms with Crippen molar-refractivity contribution in [2.75, 3.05) is 19.8 Å². The van der Waals surface area contributed by atoms with Gasteiger partial charge in [0.15, 0.2) is 0 Å². The molecule has 0 radical (unpaired) electrons. The van der Waals surface area contributed by atoms with Gasteiger partial charge in [-0.25, -0.2) is 0 Å². The molecule has 0 aliphatic heterocycles. The Labute approximate surface area is 224 Å². The fraction of sp³-hybridized carbons (Fsp3) is 1.00. The molecule has 0 aromatic carbocycles. The highest BCUT2D eigenvalue weighted by atomic mass is 32.2. The quantitative estimate of drug-likeness (QED) is 0.0953. The summed E-state index contributed by atoms with van der Waals surface area (Å²) in [5.41, 5.74) is 0. The largest absolute Gasteiger partial charge is 0.460 e. The molecule has 43 heavy (non-hydrogen) atoms. The number of hydrogen-bond acceptors (Lipinski definition) is 5. The van der Waals surface area contributed by atoms with E-state index in [1.165, 1.54) is 11.1 Å². The fourth-order valence-electron chi connectivity index (χ4n) is 2.30. The number of rotatable bonds is 16. The molecule has 0 spiro atoms. The van der Waals surface area contributed by atoms with Gasteiger partial charge in [-0.2, -0.15) is 105 Å². The molecule has 0 bridgehead atoms. The summed E-state index contributed by atoms with van der Waals surface area (Å²) < 4.78 is 310. The van der Waals surface area contributed by atoms with Gasteiger partial charge in [0.25, 0.3) is 0 Å². The van der Waals surface area contributed by atoms with Crippen molar-refractivity contribution in [3.8, 4) is 0 Å². The van der Waals surface area contributed by atoms with E-state index in [1.807, 2.05) is 0 Å². The molecule has 0 rings (SSSR count). The third kappa shape index (κ3) is 6.67. The van der Waals surface area contributed by atoms with Gasteiger partial charge in [-0.1, -0.05) is 13.3 Å². The van der Waals surface area contributed by atoms with Gasteiger partial charge in [0, 0.05) is 6.61 Å². The summed E-state index contributed by atoms with van der Waals surface area (Å²) in [7, 11) is -9.22. The molecule has 260 valence electrons. The van der Waals surface area contributed by atoms with Crippen LogP contribution in [0.3, 0.4) is 0 Å². The molecule has 0 saturated heterocycles. The molecule has 1 atom stereocenters. The van der Waals surface area contributed by atoms with E-state index in [4.69, 9.17) is 0 Å². The number of unbranched alkanes of at least 4 members (excludes halogenated alkanes) is 1. The summed E-state index contributed by atoms with van der Waals surface area (Å²) >= 11 is 0. The molecule has 0 amide bonds. The van der Waals surface area contributed by atoms with Crippen molar-refractivity contribution in [2.45, 2.75) is 78.9 Å². The Bertz CT molecular complexity index is 1050. The van der Waals surface area contributed by atoms with Crippen LogP contribution in [0.25, 0.3) is 0 Å². The molecule has 0 aromatic heterocycles. The van der Waals surface area contributed by atoms with E-state index in [0.29, 0.717) is 0 Å². The van der Waals surface area contributed by atoms with Crippen molar-refractivity contribution >= 4 is 10.1 Å². The van der Waals surface area contributed by atoms with Crippen LogP contribution in [0.5, 0.6) is 0 Å². The van der Waals surface area contributed by atoms with Crippen molar-refractivity contribution in [1.29, 1.82) is 0 Å². The lowest BCUT2D eigenvalue weighted by atomic mass is 9.95. The molecule has 5 nitrogen and oxygen atoms in total. The van der Waals surface area contributed by atoms with Crippen LogP contribution in [0, 0.1) is 0 Å². The van der Waals surface area contributed by atoms with E-state index in [1.54, 1.807) is 0 Å². The van der Waals surface area contributed by atoms with Crippen LogP contribution in [-0.4, -0.2) is 87.4 Å². The zero-order valence-electron chi connectivity index (χ0n) is 19.9. The first-order valence-corrected chi connectivity index (χ1v) is 11.6. The van der Waals surface area contributed by atoms with E-state index in [9.17, 15) is 101 Å². The highest BCUT2D eigenvalue weighted by Crippen LogP contribution is 2.61. The van der Waals surface area contributed by atoms with E-state index in [2.05, 4.69) is 9.47 Å². The van der Waals surface area contributed by atoms with Gasteiger partial charge >= 0.3 is 69.3 Å². The Morgan fingerprint density at radius 2 is 0.930 bits per heavy atom. The lowest BCUT2D eigenvalue weighted by Gasteiger charge is -2.43. The maximum atomic E-state index is 14.6. The molecule has 0 aliphatic rings. The summed E-state index contributed by atoms with van der Waals surface area (Å²) in [5, 5.41) is -8.46. The number of ether oxygens (including phenoxy) is 2. The van der Waals surface area contributed by atoms with Crippen molar-refractivity contribution in [3.05, 3.63) is 0 Å².